The van der Waals surface area contributed by atoms with E-state index in [0.717, 1.165) is 17.5 Å². The quantitative estimate of drug-likeness (QED) is 0.314. The Kier molecular flexibility index (Phi) is 10.8. The van der Waals surface area contributed by atoms with Gasteiger partial charge in [-0.05, 0) is 60.2 Å². The SMILES string of the molecule is CC[C@@H](C)NC(=O)[C@@H](Cc1ccccc1)N(Cc1cccc(OC)c1)C(=O)COc1ccc(C(C)C)cc1. The summed E-state index contributed by atoms with van der Waals surface area (Å²) in [6, 6.07) is 24.4. The maximum atomic E-state index is 13.7. The minimum atomic E-state index is -0.711. The Morgan fingerprint density at radius 2 is 1.55 bits per heavy atom. The predicted molar refractivity (Wildman–Crippen MR) is 151 cm³/mol. The number of rotatable bonds is 13. The minimum absolute atomic E-state index is 0.00901. The minimum Gasteiger partial charge on any atom is -0.497 e. The van der Waals surface area contributed by atoms with Crippen molar-refractivity contribution in [2.75, 3.05) is 13.7 Å². The number of benzene rings is 3. The lowest BCUT2D eigenvalue weighted by molar-refractivity contribution is -0.143. The maximum absolute atomic E-state index is 13.7. The van der Waals surface area contributed by atoms with Crippen LogP contribution in [0.5, 0.6) is 11.5 Å². The van der Waals surface area contributed by atoms with Crippen LogP contribution in [0.1, 0.15) is 56.7 Å². The van der Waals surface area contributed by atoms with E-state index in [1.54, 1.807) is 12.0 Å². The highest BCUT2D eigenvalue weighted by molar-refractivity contribution is 5.88. The largest absolute Gasteiger partial charge is 0.497 e. The molecule has 0 aliphatic carbocycles. The van der Waals surface area contributed by atoms with E-state index in [0.29, 0.717) is 23.8 Å². The van der Waals surface area contributed by atoms with Gasteiger partial charge in [0.15, 0.2) is 6.61 Å². The van der Waals surface area contributed by atoms with Crippen molar-refractivity contribution in [3.05, 3.63) is 95.6 Å². The van der Waals surface area contributed by atoms with Gasteiger partial charge in [0.25, 0.3) is 5.91 Å². The highest BCUT2D eigenvalue weighted by Gasteiger charge is 2.31. The standard InChI is InChI=1S/C32H40N2O4/c1-6-24(4)33-32(36)30(20-25-11-8-7-9-12-25)34(21-26-13-10-14-29(19-26)37-5)31(35)22-38-28-17-15-27(16-18-28)23(2)3/h7-19,23-24,30H,6,20-22H2,1-5H3,(H,33,36)/t24-,30-/m1/s1. The zero-order valence-electron chi connectivity index (χ0n) is 23.1. The number of methoxy groups -OCH3 is 1. The molecule has 6 heteroatoms. The van der Waals surface area contributed by atoms with E-state index in [4.69, 9.17) is 9.47 Å². The summed E-state index contributed by atoms with van der Waals surface area (Å²) in [7, 11) is 1.61. The molecule has 6 nitrogen and oxygen atoms in total. The van der Waals surface area contributed by atoms with Gasteiger partial charge in [-0.1, -0.05) is 75.4 Å². The summed E-state index contributed by atoms with van der Waals surface area (Å²) in [4.78, 5) is 28.9. The Morgan fingerprint density at radius 1 is 0.868 bits per heavy atom. The summed E-state index contributed by atoms with van der Waals surface area (Å²) in [6.45, 7) is 8.33. The zero-order valence-corrected chi connectivity index (χ0v) is 23.1. The van der Waals surface area contributed by atoms with E-state index in [2.05, 4.69) is 19.2 Å². The Labute approximate surface area is 227 Å². The average molecular weight is 517 g/mol. The molecule has 0 fully saturated rings. The Hall–Kier alpha value is -3.80. The Balaban J connectivity index is 1.90. The zero-order chi connectivity index (χ0) is 27.5. The monoisotopic (exact) mass is 516 g/mol. The molecular formula is C32H40N2O4. The van der Waals surface area contributed by atoms with Crippen molar-refractivity contribution in [2.45, 2.75) is 65.1 Å². The molecule has 0 radical (unpaired) electrons. The number of nitrogens with one attached hydrogen (secondary N) is 1. The highest BCUT2D eigenvalue weighted by atomic mass is 16.5. The van der Waals surface area contributed by atoms with E-state index in [1.165, 1.54) is 5.56 Å². The molecule has 0 aromatic heterocycles. The number of amides is 2. The van der Waals surface area contributed by atoms with Crippen LogP contribution in [0.25, 0.3) is 0 Å². The molecule has 3 aromatic carbocycles. The maximum Gasteiger partial charge on any atom is 0.261 e. The van der Waals surface area contributed by atoms with Gasteiger partial charge in [-0.15, -0.1) is 0 Å². The molecule has 0 bridgehead atoms. The molecule has 0 saturated heterocycles. The van der Waals surface area contributed by atoms with Crippen LogP contribution in [-0.4, -0.2) is 42.5 Å². The van der Waals surface area contributed by atoms with Gasteiger partial charge in [-0.3, -0.25) is 9.59 Å². The molecule has 0 aliphatic rings. The number of hydrogen-bond donors (Lipinski definition) is 1. The second-order valence-electron chi connectivity index (χ2n) is 9.91. The van der Waals surface area contributed by atoms with Gasteiger partial charge in [-0.25, -0.2) is 0 Å². The van der Waals surface area contributed by atoms with Crippen molar-refractivity contribution in [1.29, 1.82) is 0 Å². The molecule has 0 spiro atoms. The molecule has 0 saturated carbocycles. The van der Waals surface area contributed by atoms with Gasteiger partial charge in [0.05, 0.1) is 7.11 Å². The molecule has 3 rings (SSSR count). The van der Waals surface area contributed by atoms with Crippen LogP contribution >= 0.6 is 0 Å². The van der Waals surface area contributed by atoms with E-state index in [1.807, 2.05) is 92.7 Å². The first-order chi connectivity index (χ1) is 18.3. The van der Waals surface area contributed by atoms with E-state index in [-0.39, 0.29) is 31.0 Å². The van der Waals surface area contributed by atoms with Crippen LogP contribution in [0.15, 0.2) is 78.9 Å². The third-order valence-electron chi connectivity index (χ3n) is 6.67. The van der Waals surface area contributed by atoms with Crippen molar-refractivity contribution in [1.82, 2.24) is 10.2 Å². The van der Waals surface area contributed by atoms with Crippen LogP contribution in [0.3, 0.4) is 0 Å². The summed E-state index contributed by atoms with van der Waals surface area (Å²) < 4.78 is 11.3. The molecule has 0 aliphatic heterocycles. The van der Waals surface area contributed by atoms with E-state index in [9.17, 15) is 9.59 Å². The fourth-order valence-corrected chi connectivity index (χ4v) is 4.14. The summed E-state index contributed by atoms with van der Waals surface area (Å²) in [5.74, 6) is 1.28. The fraction of sp³-hybridized carbons (Fsp3) is 0.375. The molecule has 3 aromatic rings. The van der Waals surface area contributed by atoms with Gasteiger partial charge < -0.3 is 19.7 Å². The van der Waals surface area contributed by atoms with Crippen molar-refractivity contribution >= 4 is 11.8 Å². The first kappa shape index (κ1) is 28.8. The molecule has 202 valence electrons. The van der Waals surface area contributed by atoms with Crippen molar-refractivity contribution in [2.24, 2.45) is 0 Å². The number of carbonyl (C=O) groups is 2. The van der Waals surface area contributed by atoms with E-state index >= 15 is 0 Å². The summed E-state index contributed by atoms with van der Waals surface area (Å²) in [6.07, 6.45) is 1.19. The normalized spacial score (nSPS) is 12.5. The number of nitrogens with zero attached hydrogens (tertiary/aromatic N) is 1. The molecule has 2 atom stereocenters. The molecular weight excluding hydrogens is 476 g/mol. The first-order valence-electron chi connectivity index (χ1n) is 13.3. The average Bonchev–Trinajstić information content (AvgIpc) is 2.94. The van der Waals surface area contributed by atoms with Gasteiger partial charge >= 0.3 is 0 Å². The van der Waals surface area contributed by atoms with E-state index < -0.39 is 6.04 Å². The molecule has 0 heterocycles. The first-order valence-corrected chi connectivity index (χ1v) is 13.3. The van der Waals surface area contributed by atoms with Crippen molar-refractivity contribution in [3.63, 3.8) is 0 Å². The summed E-state index contributed by atoms with van der Waals surface area (Å²) in [5.41, 5.74) is 3.05. The predicted octanol–water partition coefficient (Wildman–Crippen LogP) is 5.75. The van der Waals surface area contributed by atoms with Gasteiger partial charge in [0.2, 0.25) is 5.91 Å². The lowest BCUT2D eigenvalue weighted by Gasteiger charge is -2.32. The number of hydrogen-bond acceptors (Lipinski definition) is 4. The summed E-state index contributed by atoms with van der Waals surface area (Å²) in [5, 5.41) is 3.09. The molecule has 38 heavy (non-hydrogen) atoms. The van der Waals surface area contributed by atoms with Crippen LogP contribution in [0.2, 0.25) is 0 Å². The van der Waals surface area contributed by atoms with Crippen LogP contribution < -0.4 is 14.8 Å². The molecule has 1 N–H and O–H groups in total. The topological polar surface area (TPSA) is 67.9 Å². The fourth-order valence-electron chi connectivity index (χ4n) is 4.14. The van der Waals surface area contributed by atoms with Gasteiger partial charge in [-0.2, -0.15) is 0 Å². The lowest BCUT2D eigenvalue weighted by atomic mass is 10.0. The van der Waals surface area contributed by atoms with Crippen molar-refractivity contribution < 1.29 is 19.1 Å². The smallest absolute Gasteiger partial charge is 0.261 e. The second kappa shape index (κ2) is 14.2. The number of carbonyl (C=O) groups excluding carboxylic acids is 2. The molecule has 0 unspecified atom stereocenters. The summed E-state index contributed by atoms with van der Waals surface area (Å²) >= 11 is 0. The Morgan fingerprint density at radius 3 is 2.18 bits per heavy atom. The highest BCUT2D eigenvalue weighted by Crippen LogP contribution is 2.21. The van der Waals surface area contributed by atoms with Gasteiger partial charge in [0.1, 0.15) is 17.5 Å². The third-order valence-corrected chi connectivity index (χ3v) is 6.67. The van der Waals surface area contributed by atoms with Crippen LogP contribution in [0.4, 0.5) is 0 Å². The molecule has 2 amide bonds. The second-order valence-corrected chi connectivity index (χ2v) is 9.91. The van der Waals surface area contributed by atoms with Gasteiger partial charge in [0, 0.05) is 19.0 Å². The van der Waals surface area contributed by atoms with Crippen molar-refractivity contribution in [3.8, 4) is 11.5 Å². The van der Waals surface area contributed by atoms with Crippen LogP contribution in [-0.2, 0) is 22.6 Å². The van der Waals surface area contributed by atoms with Crippen LogP contribution in [0, 0.1) is 0 Å². The number of ether oxygens (including phenoxy) is 2. The Bertz CT molecular complexity index is 1160. The third kappa shape index (κ3) is 8.37. The lowest BCUT2D eigenvalue weighted by Crippen LogP contribution is -2.53.